The molecule has 1 aliphatic heterocycles. The summed E-state index contributed by atoms with van der Waals surface area (Å²) in [5.74, 6) is -0.765. The van der Waals surface area contributed by atoms with E-state index in [1.807, 2.05) is 0 Å². The van der Waals surface area contributed by atoms with Crippen molar-refractivity contribution in [2.24, 2.45) is 0 Å². The Morgan fingerprint density at radius 3 is 2.38 bits per heavy atom. The van der Waals surface area contributed by atoms with Crippen molar-refractivity contribution in [3.8, 4) is 0 Å². The van der Waals surface area contributed by atoms with Crippen molar-refractivity contribution >= 4 is 27.7 Å². The van der Waals surface area contributed by atoms with Gasteiger partial charge in [-0.25, -0.2) is 4.39 Å². The average Bonchev–Trinajstić information content (AvgIpc) is 2.48. The molecule has 1 aliphatic rings. The highest BCUT2D eigenvalue weighted by molar-refractivity contribution is 9.10. The van der Waals surface area contributed by atoms with Crippen LogP contribution in [0.15, 0.2) is 22.7 Å². The third kappa shape index (κ3) is 2.29. The monoisotopic (exact) mass is 285 g/mol. The van der Waals surface area contributed by atoms with Gasteiger partial charge in [-0.15, -0.1) is 0 Å². The van der Waals surface area contributed by atoms with E-state index < -0.39 is 0 Å². The quantitative estimate of drug-likeness (QED) is 0.782. The second kappa shape index (κ2) is 4.33. The first-order chi connectivity index (χ1) is 7.56. The SMILES string of the molecule is O=C1CCC(=O)N1Cc1cc(F)cc(Br)c1. The molecule has 3 nitrogen and oxygen atoms in total. The molecule has 0 radical (unpaired) electrons. The van der Waals surface area contributed by atoms with E-state index >= 15 is 0 Å². The van der Waals surface area contributed by atoms with Gasteiger partial charge >= 0.3 is 0 Å². The lowest BCUT2D eigenvalue weighted by atomic mass is 10.2. The third-order valence-electron chi connectivity index (χ3n) is 2.42. The zero-order valence-electron chi connectivity index (χ0n) is 8.37. The molecule has 16 heavy (non-hydrogen) atoms. The van der Waals surface area contributed by atoms with Crippen molar-refractivity contribution in [3.05, 3.63) is 34.1 Å². The number of nitrogens with zero attached hydrogens (tertiary/aromatic N) is 1. The van der Waals surface area contributed by atoms with Gasteiger partial charge in [0.05, 0.1) is 6.54 Å². The van der Waals surface area contributed by atoms with Crippen LogP contribution in [0.5, 0.6) is 0 Å². The smallest absolute Gasteiger partial charge is 0.229 e. The Balaban J connectivity index is 2.20. The number of benzene rings is 1. The lowest BCUT2D eigenvalue weighted by molar-refractivity contribution is -0.139. The summed E-state index contributed by atoms with van der Waals surface area (Å²) in [6.07, 6.45) is 0.518. The molecule has 1 aromatic rings. The molecule has 2 amide bonds. The third-order valence-corrected chi connectivity index (χ3v) is 2.88. The summed E-state index contributed by atoms with van der Waals surface area (Å²) in [6.45, 7) is 0.147. The lowest BCUT2D eigenvalue weighted by Gasteiger charge is -2.13. The number of halogens is 2. The van der Waals surface area contributed by atoms with Gasteiger partial charge < -0.3 is 0 Å². The molecular formula is C11H9BrFNO2. The molecular weight excluding hydrogens is 277 g/mol. The fourth-order valence-electron chi connectivity index (χ4n) is 1.68. The number of rotatable bonds is 2. The van der Waals surface area contributed by atoms with E-state index in [1.165, 1.54) is 17.0 Å². The van der Waals surface area contributed by atoms with Crippen LogP contribution in [0.4, 0.5) is 4.39 Å². The fourth-order valence-corrected chi connectivity index (χ4v) is 2.20. The first kappa shape index (κ1) is 11.3. The number of hydrogen-bond acceptors (Lipinski definition) is 2. The van der Waals surface area contributed by atoms with E-state index in [2.05, 4.69) is 15.9 Å². The number of imide groups is 1. The summed E-state index contributed by atoms with van der Waals surface area (Å²) in [6, 6.07) is 4.35. The summed E-state index contributed by atoms with van der Waals surface area (Å²) in [7, 11) is 0. The predicted octanol–water partition coefficient (Wildman–Crippen LogP) is 2.24. The van der Waals surface area contributed by atoms with Gasteiger partial charge in [-0.05, 0) is 23.8 Å². The average molecular weight is 286 g/mol. The Kier molecular flexibility index (Phi) is 3.05. The van der Waals surface area contributed by atoms with E-state index in [4.69, 9.17) is 0 Å². The molecule has 0 unspecified atom stereocenters. The van der Waals surface area contributed by atoms with Crippen LogP contribution in [0.1, 0.15) is 18.4 Å². The molecule has 0 aliphatic carbocycles. The predicted molar refractivity (Wildman–Crippen MR) is 58.9 cm³/mol. The number of likely N-dealkylation sites (tertiary alicyclic amines) is 1. The van der Waals surface area contributed by atoms with Crippen LogP contribution in [0.25, 0.3) is 0 Å². The topological polar surface area (TPSA) is 37.4 Å². The highest BCUT2D eigenvalue weighted by atomic mass is 79.9. The van der Waals surface area contributed by atoms with Crippen LogP contribution in [-0.4, -0.2) is 16.7 Å². The minimum atomic E-state index is -0.386. The molecule has 0 aromatic heterocycles. The van der Waals surface area contributed by atoms with Gasteiger partial charge in [0, 0.05) is 17.3 Å². The summed E-state index contributed by atoms with van der Waals surface area (Å²) in [4.78, 5) is 23.9. The minimum Gasteiger partial charge on any atom is -0.278 e. The van der Waals surface area contributed by atoms with Crippen LogP contribution in [-0.2, 0) is 16.1 Å². The Morgan fingerprint density at radius 2 is 1.81 bits per heavy atom. The van der Waals surface area contributed by atoms with E-state index in [9.17, 15) is 14.0 Å². The van der Waals surface area contributed by atoms with Crippen LogP contribution >= 0.6 is 15.9 Å². The van der Waals surface area contributed by atoms with Gasteiger partial charge in [-0.2, -0.15) is 0 Å². The van der Waals surface area contributed by atoms with Crippen LogP contribution < -0.4 is 0 Å². The number of amides is 2. The number of carbonyl (C=O) groups is 2. The van der Waals surface area contributed by atoms with Crippen LogP contribution in [0.3, 0.4) is 0 Å². The highest BCUT2D eigenvalue weighted by Crippen LogP contribution is 2.19. The van der Waals surface area contributed by atoms with Crippen LogP contribution in [0.2, 0.25) is 0 Å². The van der Waals surface area contributed by atoms with Crippen molar-refractivity contribution < 1.29 is 14.0 Å². The fraction of sp³-hybridized carbons (Fsp3) is 0.273. The number of carbonyl (C=O) groups excluding carboxylic acids is 2. The molecule has 1 saturated heterocycles. The first-order valence-electron chi connectivity index (χ1n) is 4.84. The first-order valence-corrected chi connectivity index (χ1v) is 5.64. The van der Waals surface area contributed by atoms with Crippen molar-refractivity contribution in [3.63, 3.8) is 0 Å². The highest BCUT2D eigenvalue weighted by Gasteiger charge is 2.28. The Bertz CT molecular complexity index is 425. The summed E-state index contributed by atoms with van der Waals surface area (Å²) in [5.41, 5.74) is 0.607. The van der Waals surface area contributed by atoms with Crippen molar-refractivity contribution in [2.45, 2.75) is 19.4 Å². The Hall–Kier alpha value is -1.23. The Morgan fingerprint density at radius 1 is 1.19 bits per heavy atom. The second-order valence-corrected chi connectivity index (χ2v) is 4.57. The molecule has 5 heteroatoms. The number of hydrogen-bond donors (Lipinski definition) is 0. The van der Waals surface area contributed by atoms with E-state index in [1.54, 1.807) is 6.07 Å². The van der Waals surface area contributed by atoms with Gasteiger partial charge in [-0.3, -0.25) is 14.5 Å². The van der Waals surface area contributed by atoms with Gasteiger partial charge in [0.25, 0.3) is 0 Å². The van der Waals surface area contributed by atoms with E-state index in [0.717, 1.165) is 0 Å². The molecule has 0 bridgehead atoms. The molecule has 2 rings (SSSR count). The summed E-state index contributed by atoms with van der Waals surface area (Å²) < 4.78 is 13.7. The van der Waals surface area contributed by atoms with Crippen molar-refractivity contribution in [2.75, 3.05) is 0 Å². The molecule has 0 saturated carbocycles. The van der Waals surface area contributed by atoms with E-state index in [-0.39, 0.29) is 37.0 Å². The minimum absolute atomic E-state index is 0.147. The lowest BCUT2D eigenvalue weighted by Crippen LogP contribution is -2.28. The van der Waals surface area contributed by atoms with Crippen molar-refractivity contribution in [1.29, 1.82) is 0 Å². The second-order valence-electron chi connectivity index (χ2n) is 3.65. The standard InChI is InChI=1S/C11H9BrFNO2/c12-8-3-7(4-9(13)5-8)6-14-10(15)1-2-11(14)16/h3-5H,1-2,6H2. The molecule has 0 atom stereocenters. The van der Waals surface area contributed by atoms with Crippen molar-refractivity contribution in [1.82, 2.24) is 4.90 Å². The maximum Gasteiger partial charge on any atom is 0.229 e. The van der Waals surface area contributed by atoms with Crippen LogP contribution in [0, 0.1) is 5.82 Å². The van der Waals surface area contributed by atoms with E-state index in [0.29, 0.717) is 10.0 Å². The van der Waals surface area contributed by atoms with Gasteiger partial charge in [0.2, 0.25) is 11.8 Å². The Labute approximate surface area is 100 Å². The maximum atomic E-state index is 13.1. The summed E-state index contributed by atoms with van der Waals surface area (Å²) >= 11 is 3.16. The molecule has 1 heterocycles. The normalized spacial score (nSPS) is 16.0. The molecule has 0 N–H and O–H groups in total. The molecule has 0 spiro atoms. The zero-order valence-corrected chi connectivity index (χ0v) is 9.96. The van der Waals surface area contributed by atoms with Gasteiger partial charge in [0.1, 0.15) is 5.82 Å². The van der Waals surface area contributed by atoms with Gasteiger partial charge in [0.15, 0.2) is 0 Å². The summed E-state index contributed by atoms with van der Waals surface area (Å²) in [5, 5.41) is 0. The van der Waals surface area contributed by atoms with Gasteiger partial charge in [-0.1, -0.05) is 15.9 Å². The largest absolute Gasteiger partial charge is 0.278 e. The molecule has 84 valence electrons. The molecule has 1 aromatic carbocycles. The molecule has 1 fully saturated rings. The maximum absolute atomic E-state index is 13.1. The zero-order chi connectivity index (χ0) is 11.7.